The molecule has 2 nitrogen and oxygen atoms in total. The van der Waals surface area contributed by atoms with Crippen LogP contribution in [0.3, 0.4) is 0 Å². The van der Waals surface area contributed by atoms with Gasteiger partial charge in [0, 0.05) is 4.88 Å². The van der Waals surface area contributed by atoms with Crippen LogP contribution in [0.2, 0.25) is 0 Å². The Morgan fingerprint density at radius 2 is 2.36 bits per heavy atom. The van der Waals surface area contributed by atoms with E-state index >= 15 is 0 Å². The van der Waals surface area contributed by atoms with Gasteiger partial charge >= 0.3 is 0 Å². The van der Waals surface area contributed by atoms with Gasteiger partial charge in [0.25, 0.3) is 0 Å². The number of amides is 1. The van der Waals surface area contributed by atoms with Crippen molar-refractivity contribution < 1.29 is 4.79 Å². The fourth-order valence-corrected chi connectivity index (χ4v) is 2.26. The lowest BCUT2D eigenvalue weighted by Crippen LogP contribution is -2.11. The molecular weight excluding hydrogens is 158 g/mol. The van der Waals surface area contributed by atoms with Crippen LogP contribution in [-0.2, 0) is 0 Å². The number of carbonyl (C=O) groups excluding carboxylic acids is 1. The van der Waals surface area contributed by atoms with Gasteiger partial charge in [0.2, 0.25) is 5.91 Å². The molecule has 0 spiro atoms. The third-order valence-electron chi connectivity index (χ3n) is 1.91. The quantitative estimate of drug-likeness (QED) is 0.716. The van der Waals surface area contributed by atoms with Gasteiger partial charge in [-0.05, 0) is 30.2 Å². The van der Waals surface area contributed by atoms with E-state index < -0.39 is 0 Å². The molecule has 0 saturated heterocycles. The molecule has 1 aromatic heterocycles. The first-order valence-electron chi connectivity index (χ1n) is 3.66. The summed E-state index contributed by atoms with van der Waals surface area (Å²) in [6.45, 7) is 0. The van der Waals surface area contributed by atoms with Crippen LogP contribution in [0, 0.1) is 0 Å². The second-order valence-corrected chi connectivity index (χ2v) is 3.78. The average molecular weight is 167 g/mol. The summed E-state index contributed by atoms with van der Waals surface area (Å²) in [5, 5.41) is 1.94. The minimum absolute atomic E-state index is 0.284. The summed E-state index contributed by atoms with van der Waals surface area (Å²) in [6.07, 6.45) is 2.45. The summed E-state index contributed by atoms with van der Waals surface area (Å²) in [5.41, 5.74) is 5.93. The first-order valence-corrected chi connectivity index (χ1v) is 4.54. The highest BCUT2D eigenvalue weighted by Crippen LogP contribution is 2.44. The van der Waals surface area contributed by atoms with Crippen LogP contribution in [-0.4, -0.2) is 5.91 Å². The van der Waals surface area contributed by atoms with Crippen LogP contribution in [0.15, 0.2) is 11.4 Å². The molecule has 0 aliphatic heterocycles. The number of primary amides is 1. The van der Waals surface area contributed by atoms with Gasteiger partial charge in [-0.15, -0.1) is 11.3 Å². The van der Waals surface area contributed by atoms with Gasteiger partial charge in [0.05, 0.1) is 5.56 Å². The second kappa shape index (κ2) is 2.34. The predicted molar refractivity (Wildman–Crippen MR) is 44.8 cm³/mol. The predicted octanol–water partition coefficient (Wildman–Crippen LogP) is 1.72. The largest absolute Gasteiger partial charge is 0.366 e. The average Bonchev–Trinajstić information content (AvgIpc) is 2.68. The van der Waals surface area contributed by atoms with E-state index in [4.69, 9.17) is 5.73 Å². The van der Waals surface area contributed by atoms with Crippen molar-refractivity contribution in [3.05, 3.63) is 21.9 Å². The lowest BCUT2D eigenvalue weighted by Gasteiger charge is -1.94. The fourth-order valence-electron chi connectivity index (χ4n) is 1.19. The maximum atomic E-state index is 10.8. The molecule has 1 aliphatic carbocycles. The fraction of sp³-hybridized carbons (Fsp3) is 0.375. The Balaban J connectivity index is 2.37. The van der Waals surface area contributed by atoms with Crippen LogP contribution in [0.25, 0.3) is 0 Å². The summed E-state index contributed by atoms with van der Waals surface area (Å²) < 4.78 is 0. The Hall–Kier alpha value is -0.830. The number of rotatable bonds is 2. The summed E-state index contributed by atoms with van der Waals surface area (Å²) in [6, 6.07) is 1.82. The minimum Gasteiger partial charge on any atom is -0.366 e. The van der Waals surface area contributed by atoms with Crippen LogP contribution < -0.4 is 5.73 Å². The second-order valence-electron chi connectivity index (χ2n) is 2.84. The van der Waals surface area contributed by atoms with Crippen molar-refractivity contribution in [3.63, 3.8) is 0 Å². The lowest BCUT2D eigenvalue weighted by molar-refractivity contribution is 0.1000. The Bertz CT molecular complexity index is 288. The SMILES string of the molecule is NC(=O)c1ccsc1C1CC1. The summed E-state index contributed by atoms with van der Waals surface area (Å²) in [4.78, 5) is 12.0. The summed E-state index contributed by atoms with van der Waals surface area (Å²) >= 11 is 1.65. The molecule has 3 heteroatoms. The van der Waals surface area contributed by atoms with E-state index in [1.54, 1.807) is 11.3 Å². The molecule has 1 aliphatic rings. The number of nitrogens with two attached hydrogens (primary N) is 1. The number of carbonyl (C=O) groups is 1. The molecule has 1 aromatic rings. The first kappa shape index (κ1) is 6.85. The van der Waals surface area contributed by atoms with Crippen molar-refractivity contribution in [2.24, 2.45) is 5.73 Å². The topological polar surface area (TPSA) is 43.1 Å². The third kappa shape index (κ3) is 1.16. The molecule has 1 saturated carbocycles. The summed E-state index contributed by atoms with van der Waals surface area (Å²) in [7, 11) is 0. The first-order chi connectivity index (χ1) is 5.29. The van der Waals surface area contributed by atoms with Crippen LogP contribution in [0.4, 0.5) is 0 Å². The number of thiophene rings is 1. The molecule has 2 N–H and O–H groups in total. The normalized spacial score (nSPS) is 16.7. The van der Waals surface area contributed by atoms with E-state index in [-0.39, 0.29) is 5.91 Å². The van der Waals surface area contributed by atoms with E-state index in [1.165, 1.54) is 17.7 Å². The zero-order chi connectivity index (χ0) is 7.84. The van der Waals surface area contributed by atoms with Crippen molar-refractivity contribution in [1.29, 1.82) is 0 Å². The smallest absolute Gasteiger partial charge is 0.249 e. The third-order valence-corrected chi connectivity index (χ3v) is 2.99. The van der Waals surface area contributed by atoms with Gasteiger partial charge < -0.3 is 5.73 Å². The molecule has 0 atom stereocenters. The Morgan fingerprint density at radius 3 is 2.91 bits per heavy atom. The molecule has 58 valence electrons. The lowest BCUT2D eigenvalue weighted by atomic mass is 10.2. The Labute approximate surface area is 69.0 Å². The Morgan fingerprint density at radius 1 is 1.64 bits per heavy atom. The van der Waals surface area contributed by atoms with E-state index in [2.05, 4.69) is 0 Å². The minimum atomic E-state index is -0.284. The highest BCUT2D eigenvalue weighted by molar-refractivity contribution is 7.10. The molecule has 1 amide bonds. The monoisotopic (exact) mass is 167 g/mol. The summed E-state index contributed by atoms with van der Waals surface area (Å²) in [5.74, 6) is 0.352. The molecule has 0 bridgehead atoms. The van der Waals surface area contributed by atoms with E-state index in [0.717, 1.165) is 5.56 Å². The highest BCUT2D eigenvalue weighted by Gasteiger charge is 2.28. The van der Waals surface area contributed by atoms with Gasteiger partial charge in [-0.25, -0.2) is 0 Å². The number of hydrogen-bond acceptors (Lipinski definition) is 2. The number of hydrogen-bond donors (Lipinski definition) is 1. The molecule has 0 unspecified atom stereocenters. The van der Waals surface area contributed by atoms with Gasteiger partial charge in [0.1, 0.15) is 0 Å². The van der Waals surface area contributed by atoms with Crippen molar-refractivity contribution in [3.8, 4) is 0 Å². The molecule has 2 rings (SSSR count). The van der Waals surface area contributed by atoms with Gasteiger partial charge in [0.15, 0.2) is 0 Å². The van der Waals surface area contributed by atoms with Crippen molar-refractivity contribution >= 4 is 17.2 Å². The highest BCUT2D eigenvalue weighted by atomic mass is 32.1. The van der Waals surface area contributed by atoms with Crippen molar-refractivity contribution in [2.75, 3.05) is 0 Å². The molecule has 1 heterocycles. The van der Waals surface area contributed by atoms with Gasteiger partial charge in [-0.3, -0.25) is 4.79 Å². The maximum Gasteiger partial charge on any atom is 0.249 e. The van der Waals surface area contributed by atoms with E-state index in [9.17, 15) is 4.79 Å². The van der Waals surface area contributed by atoms with Crippen molar-refractivity contribution in [2.45, 2.75) is 18.8 Å². The molecule has 0 radical (unpaired) electrons. The van der Waals surface area contributed by atoms with Gasteiger partial charge in [-0.1, -0.05) is 0 Å². The maximum absolute atomic E-state index is 10.8. The van der Waals surface area contributed by atoms with Crippen LogP contribution in [0.5, 0.6) is 0 Å². The van der Waals surface area contributed by atoms with E-state index in [1.807, 2.05) is 11.4 Å². The van der Waals surface area contributed by atoms with Crippen LogP contribution >= 0.6 is 11.3 Å². The zero-order valence-electron chi connectivity index (χ0n) is 6.04. The van der Waals surface area contributed by atoms with Crippen LogP contribution in [0.1, 0.15) is 34.0 Å². The van der Waals surface area contributed by atoms with E-state index in [0.29, 0.717) is 5.92 Å². The van der Waals surface area contributed by atoms with Gasteiger partial charge in [-0.2, -0.15) is 0 Å². The molecule has 11 heavy (non-hydrogen) atoms. The zero-order valence-corrected chi connectivity index (χ0v) is 6.86. The standard InChI is InChI=1S/C8H9NOS/c9-8(10)6-3-4-11-7(6)5-1-2-5/h3-5H,1-2H2,(H2,9,10). The molecular formula is C8H9NOS. The van der Waals surface area contributed by atoms with Crippen molar-refractivity contribution in [1.82, 2.24) is 0 Å². The molecule has 1 fully saturated rings. The molecule has 0 aromatic carbocycles. The Kier molecular flexibility index (Phi) is 1.46.